The zero-order valence-corrected chi connectivity index (χ0v) is 11.3. The van der Waals surface area contributed by atoms with Gasteiger partial charge in [-0.2, -0.15) is 18.3 Å². The molecule has 0 amide bonds. The van der Waals surface area contributed by atoms with Crippen LogP contribution in [-0.2, 0) is 6.18 Å². The molecule has 2 aromatic heterocycles. The van der Waals surface area contributed by atoms with E-state index in [1.54, 1.807) is 13.8 Å². The minimum atomic E-state index is -4.51. The minimum absolute atomic E-state index is 0.0136. The van der Waals surface area contributed by atoms with Crippen molar-refractivity contribution in [3.63, 3.8) is 0 Å². The van der Waals surface area contributed by atoms with E-state index in [1.165, 1.54) is 4.68 Å². The van der Waals surface area contributed by atoms with Gasteiger partial charge in [-0.3, -0.25) is 0 Å². The van der Waals surface area contributed by atoms with Crippen molar-refractivity contribution >= 4 is 17.4 Å². The van der Waals surface area contributed by atoms with Crippen LogP contribution in [0.2, 0.25) is 5.02 Å². The summed E-state index contributed by atoms with van der Waals surface area (Å²) in [5.74, 6) is 5.02. The third-order valence-electron chi connectivity index (χ3n) is 2.71. The Morgan fingerprint density at radius 3 is 2.40 bits per heavy atom. The van der Waals surface area contributed by atoms with Crippen LogP contribution in [0.25, 0.3) is 5.82 Å². The second-order valence-corrected chi connectivity index (χ2v) is 4.52. The Bertz CT molecular complexity index is 650. The fourth-order valence-corrected chi connectivity index (χ4v) is 1.83. The van der Waals surface area contributed by atoms with Crippen LogP contribution in [0.5, 0.6) is 0 Å². The molecular formula is C11H11ClF3N5. The quantitative estimate of drug-likeness (QED) is 0.661. The van der Waals surface area contributed by atoms with Crippen LogP contribution in [0, 0.1) is 13.8 Å². The molecule has 108 valence electrons. The van der Waals surface area contributed by atoms with Crippen molar-refractivity contribution in [2.24, 2.45) is 5.84 Å². The Morgan fingerprint density at radius 2 is 1.95 bits per heavy atom. The molecule has 0 unspecified atom stereocenters. The average Bonchev–Trinajstić information content (AvgIpc) is 2.65. The summed E-state index contributed by atoms with van der Waals surface area (Å²) in [4.78, 5) is 3.96. The topological polar surface area (TPSA) is 68.8 Å². The zero-order chi connectivity index (χ0) is 15.1. The molecule has 3 N–H and O–H groups in total. The Labute approximate surface area is 117 Å². The van der Waals surface area contributed by atoms with Gasteiger partial charge in [-0.05, 0) is 26.0 Å². The van der Waals surface area contributed by atoms with Crippen LogP contribution in [0.1, 0.15) is 17.0 Å². The molecule has 2 heterocycles. The number of nitrogens with one attached hydrogen (secondary N) is 1. The zero-order valence-electron chi connectivity index (χ0n) is 10.6. The number of pyridine rings is 1. The van der Waals surface area contributed by atoms with Gasteiger partial charge in [0.2, 0.25) is 0 Å². The van der Waals surface area contributed by atoms with Crippen LogP contribution < -0.4 is 11.3 Å². The molecule has 0 atom stereocenters. The Balaban J connectivity index is 2.64. The van der Waals surface area contributed by atoms with Gasteiger partial charge in [-0.25, -0.2) is 15.5 Å². The van der Waals surface area contributed by atoms with Crippen molar-refractivity contribution in [2.45, 2.75) is 20.0 Å². The van der Waals surface area contributed by atoms with Crippen molar-refractivity contribution in [1.29, 1.82) is 0 Å². The van der Waals surface area contributed by atoms with E-state index in [9.17, 15) is 13.2 Å². The lowest BCUT2D eigenvalue weighted by Crippen LogP contribution is -2.14. The van der Waals surface area contributed by atoms with Gasteiger partial charge in [0.15, 0.2) is 5.82 Å². The molecule has 20 heavy (non-hydrogen) atoms. The molecule has 0 radical (unpaired) electrons. The van der Waals surface area contributed by atoms with Crippen LogP contribution in [0.15, 0.2) is 12.1 Å². The second kappa shape index (κ2) is 4.95. The molecule has 0 aliphatic carbocycles. The molecule has 0 spiro atoms. The third-order valence-corrected chi connectivity index (χ3v) is 3.25. The molecule has 0 saturated carbocycles. The summed E-state index contributed by atoms with van der Waals surface area (Å²) >= 11 is 5.98. The van der Waals surface area contributed by atoms with Gasteiger partial charge in [0.05, 0.1) is 22.0 Å². The summed E-state index contributed by atoms with van der Waals surface area (Å²) in [6, 6.07) is 1.70. The number of anilines is 1. The maximum Gasteiger partial charge on any atom is 0.416 e. The van der Waals surface area contributed by atoms with Gasteiger partial charge in [0.1, 0.15) is 5.82 Å². The van der Waals surface area contributed by atoms with Gasteiger partial charge >= 0.3 is 6.18 Å². The van der Waals surface area contributed by atoms with Crippen LogP contribution in [0.3, 0.4) is 0 Å². The maximum absolute atomic E-state index is 12.8. The van der Waals surface area contributed by atoms with Crippen molar-refractivity contribution in [3.05, 3.63) is 34.1 Å². The largest absolute Gasteiger partial charge is 0.416 e. The van der Waals surface area contributed by atoms with Gasteiger partial charge in [0, 0.05) is 0 Å². The van der Waals surface area contributed by atoms with E-state index in [0.29, 0.717) is 16.4 Å². The first kappa shape index (κ1) is 14.6. The monoisotopic (exact) mass is 305 g/mol. The minimum Gasteiger partial charge on any atom is -0.308 e. The second-order valence-electron chi connectivity index (χ2n) is 4.14. The number of aryl methyl sites for hydroxylation is 1. The average molecular weight is 306 g/mol. The van der Waals surface area contributed by atoms with Crippen molar-refractivity contribution in [2.75, 3.05) is 5.43 Å². The lowest BCUT2D eigenvalue weighted by molar-refractivity contribution is -0.137. The number of aromatic nitrogens is 3. The lowest BCUT2D eigenvalue weighted by atomic mass is 10.2. The highest BCUT2D eigenvalue weighted by atomic mass is 35.5. The number of nitrogens with two attached hydrogens (primary N) is 1. The molecule has 9 heteroatoms. The predicted octanol–water partition coefficient (Wildman–Crippen LogP) is 2.84. The summed E-state index contributed by atoms with van der Waals surface area (Å²) in [5, 5.41) is 4.45. The molecule has 0 fully saturated rings. The Hall–Kier alpha value is -1.80. The molecule has 2 aromatic rings. The highest BCUT2D eigenvalue weighted by Crippen LogP contribution is 2.32. The van der Waals surface area contributed by atoms with E-state index in [2.05, 4.69) is 15.5 Å². The van der Waals surface area contributed by atoms with Crippen LogP contribution >= 0.6 is 11.6 Å². The smallest absolute Gasteiger partial charge is 0.308 e. The summed E-state index contributed by atoms with van der Waals surface area (Å²) in [6.45, 7) is 3.29. The molecule has 0 aliphatic rings. The van der Waals surface area contributed by atoms with Crippen molar-refractivity contribution in [1.82, 2.24) is 14.8 Å². The molecule has 2 rings (SSSR count). The number of hydrogen-bond donors (Lipinski definition) is 2. The van der Waals surface area contributed by atoms with Gasteiger partial charge in [-0.15, -0.1) is 0 Å². The van der Waals surface area contributed by atoms with E-state index in [4.69, 9.17) is 17.4 Å². The van der Waals surface area contributed by atoms with Crippen LogP contribution in [-0.4, -0.2) is 14.8 Å². The van der Waals surface area contributed by atoms with E-state index in [1.807, 2.05) is 0 Å². The number of hydrazine groups is 1. The number of nitrogens with zero attached hydrogens (tertiary/aromatic N) is 3. The van der Waals surface area contributed by atoms with Gasteiger partial charge in [0.25, 0.3) is 0 Å². The van der Waals surface area contributed by atoms with E-state index in [0.717, 1.165) is 12.1 Å². The number of halogens is 4. The van der Waals surface area contributed by atoms with E-state index < -0.39 is 11.7 Å². The molecule has 5 nitrogen and oxygen atoms in total. The normalized spacial score (nSPS) is 11.8. The predicted molar refractivity (Wildman–Crippen MR) is 68.7 cm³/mol. The summed E-state index contributed by atoms with van der Waals surface area (Å²) in [5.41, 5.74) is 2.23. The summed E-state index contributed by atoms with van der Waals surface area (Å²) < 4.78 is 39.7. The Morgan fingerprint density at radius 1 is 1.30 bits per heavy atom. The highest BCUT2D eigenvalue weighted by molar-refractivity contribution is 6.31. The number of hydrogen-bond acceptors (Lipinski definition) is 4. The van der Waals surface area contributed by atoms with Gasteiger partial charge < -0.3 is 5.43 Å². The highest BCUT2D eigenvalue weighted by Gasteiger charge is 2.32. The first-order chi connectivity index (χ1) is 9.24. The number of rotatable bonds is 2. The molecular weight excluding hydrogens is 295 g/mol. The van der Waals surface area contributed by atoms with Crippen molar-refractivity contribution < 1.29 is 13.2 Å². The van der Waals surface area contributed by atoms with Crippen LogP contribution in [0.4, 0.5) is 19.0 Å². The summed E-state index contributed by atoms with van der Waals surface area (Å²) in [6.07, 6.45) is -4.51. The molecule has 0 saturated heterocycles. The Kier molecular flexibility index (Phi) is 3.61. The first-order valence-corrected chi connectivity index (χ1v) is 5.90. The van der Waals surface area contributed by atoms with E-state index >= 15 is 0 Å². The lowest BCUT2D eigenvalue weighted by Gasteiger charge is -2.11. The number of alkyl halides is 3. The number of nitrogen functional groups attached to an aromatic ring is 1. The standard InChI is InChI=1S/C11H11ClF3N5/c1-5-10(12)6(2)20(19-5)9-4-7(11(13,14)15)3-8(17-9)18-16/h3-4H,16H2,1-2H3,(H,17,18). The fraction of sp³-hybridized carbons (Fsp3) is 0.273. The maximum atomic E-state index is 12.8. The summed E-state index contributed by atoms with van der Waals surface area (Å²) in [7, 11) is 0. The molecule has 0 bridgehead atoms. The van der Waals surface area contributed by atoms with Gasteiger partial charge in [-0.1, -0.05) is 11.6 Å². The molecule has 0 aromatic carbocycles. The molecule has 0 aliphatic heterocycles. The SMILES string of the molecule is Cc1nn(-c2cc(C(F)(F)F)cc(NN)n2)c(C)c1Cl. The fourth-order valence-electron chi connectivity index (χ4n) is 1.71. The van der Waals surface area contributed by atoms with E-state index in [-0.39, 0.29) is 11.6 Å². The van der Waals surface area contributed by atoms with Crippen molar-refractivity contribution in [3.8, 4) is 5.82 Å². The third kappa shape index (κ3) is 2.56. The first-order valence-electron chi connectivity index (χ1n) is 5.52.